The highest BCUT2D eigenvalue weighted by atomic mass is 16.4. The molecule has 0 aliphatic carbocycles. The van der Waals surface area contributed by atoms with Crippen LogP contribution >= 0.6 is 0 Å². The maximum atomic E-state index is 11.6. The van der Waals surface area contributed by atoms with E-state index >= 15 is 0 Å². The molecular formula is C15H28N2O4. The summed E-state index contributed by atoms with van der Waals surface area (Å²) in [7, 11) is 0. The summed E-state index contributed by atoms with van der Waals surface area (Å²) in [4.78, 5) is 32.9. The summed E-state index contributed by atoms with van der Waals surface area (Å²) in [5, 5.41) is 14.2. The lowest BCUT2D eigenvalue weighted by Crippen LogP contribution is -2.32. The Bertz CT molecular complexity index is 361. The van der Waals surface area contributed by atoms with E-state index in [1.54, 1.807) is 0 Å². The number of amides is 2. The van der Waals surface area contributed by atoms with Crippen molar-refractivity contribution >= 4 is 17.8 Å². The Morgan fingerprint density at radius 1 is 1.00 bits per heavy atom. The third kappa shape index (κ3) is 10.8. The van der Waals surface area contributed by atoms with E-state index in [-0.39, 0.29) is 36.0 Å². The minimum Gasteiger partial charge on any atom is -0.481 e. The van der Waals surface area contributed by atoms with E-state index in [4.69, 9.17) is 5.11 Å². The van der Waals surface area contributed by atoms with Gasteiger partial charge in [0.1, 0.15) is 0 Å². The van der Waals surface area contributed by atoms with Gasteiger partial charge in [-0.05, 0) is 24.2 Å². The molecule has 0 aromatic carbocycles. The first-order valence-corrected chi connectivity index (χ1v) is 7.36. The highest BCUT2D eigenvalue weighted by Crippen LogP contribution is 2.32. The smallest absolute Gasteiger partial charge is 0.303 e. The van der Waals surface area contributed by atoms with E-state index in [2.05, 4.69) is 31.4 Å². The predicted octanol–water partition coefficient (Wildman–Crippen LogP) is 1.55. The minimum absolute atomic E-state index is 0.0103. The molecule has 0 aliphatic heterocycles. The molecule has 0 spiro atoms. The van der Waals surface area contributed by atoms with Crippen LogP contribution in [0.4, 0.5) is 0 Å². The lowest BCUT2D eigenvalue weighted by Gasteiger charge is -2.30. The molecule has 0 bridgehead atoms. The first-order chi connectivity index (χ1) is 9.62. The maximum Gasteiger partial charge on any atom is 0.303 e. The summed E-state index contributed by atoms with van der Waals surface area (Å²) in [5.74, 6) is -0.799. The van der Waals surface area contributed by atoms with Gasteiger partial charge in [-0.2, -0.15) is 0 Å². The van der Waals surface area contributed by atoms with Gasteiger partial charge < -0.3 is 15.7 Å². The third-order valence-electron chi connectivity index (χ3n) is 3.47. The zero-order chi connectivity index (χ0) is 16.5. The average molecular weight is 300 g/mol. The van der Waals surface area contributed by atoms with Crippen molar-refractivity contribution in [2.24, 2.45) is 11.3 Å². The number of carboxylic acid groups (broad SMARTS) is 1. The Hall–Kier alpha value is -1.59. The summed E-state index contributed by atoms with van der Waals surface area (Å²) in [6, 6.07) is 0. The highest BCUT2D eigenvalue weighted by molar-refractivity contribution is 5.77. The number of aliphatic carboxylic acids is 1. The molecular weight excluding hydrogens is 272 g/mol. The van der Waals surface area contributed by atoms with Crippen LogP contribution in [0.2, 0.25) is 0 Å². The highest BCUT2D eigenvalue weighted by Gasteiger charge is 2.24. The van der Waals surface area contributed by atoms with E-state index in [0.29, 0.717) is 19.5 Å². The number of carbonyl (C=O) groups is 3. The van der Waals surface area contributed by atoms with Crippen molar-refractivity contribution in [3.63, 3.8) is 0 Å². The topological polar surface area (TPSA) is 95.5 Å². The van der Waals surface area contributed by atoms with E-state index in [1.165, 1.54) is 6.92 Å². The fourth-order valence-corrected chi connectivity index (χ4v) is 2.13. The summed E-state index contributed by atoms with van der Waals surface area (Å²) < 4.78 is 0. The van der Waals surface area contributed by atoms with Crippen molar-refractivity contribution in [1.82, 2.24) is 10.6 Å². The van der Waals surface area contributed by atoms with Crippen LogP contribution in [0.3, 0.4) is 0 Å². The van der Waals surface area contributed by atoms with E-state index < -0.39 is 5.97 Å². The molecule has 0 aromatic rings. The van der Waals surface area contributed by atoms with Gasteiger partial charge in [0, 0.05) is 32.9 Å². The number of hydrogen-bond donors (Lipinski definition) is 3. The normalized spacial score (nSPS) is 12.6. The van der Waals surface area contributed by atoms with Gasteiger partial charge in [0.05, 0.1) is 0 Å². The van der Waals surface area contributed by atoms with Crippen molar-refractivity contribution in [2.45, 2.75) is 53.4 Å². The van der Waals surface area contributed by atoms with Gasteiger partial charge in [0.2, 0.25) is 11.8 Å². The van der Waals surface area contributed by atoms with Crippen LogP contribution in [-0.2, 0) is 14.4 Å². The predicted molar refractivity (Wildman–Crippen MR) is 80.7 cm³/mol. The van der Waals surface area contributed by atoms with Crippen LogP contribution in [0.1, 0.15) is 53.4 Å². The van der Waals surface area contributed by atoms with Crippen LogP contribution in [0.15, 0.2) is 0 Å². The van der Waals surface area contributed by atoms with Gasteiger partial charge >= 0.3 is 5.97 Å². The molecule has 6 heteroatoms. The van der Waals surface area contributed by atoms with Crippen molar-refractivity contribution in [3.05, 3.63) is 0 Å². The molecule has 0 saturated heterocycles. The van der Waals surface area contributed by atoms with Crippen LogP contribution < -0.4 is 10.6 Å². The zero-order valence-corrected chi connectivity index (χ0v) is 13.5. The fraction of sp³-hybridized carbons (Fsp3) is 0.800. The van der Waals surface area contributed by atoms with Gasteiger partial charge in [-0.25, -0.2) is 0 Å². The molecule has 0 heterocycles. The second-order valence-corrected chi connectivity index (χ2v) is 6.37. The van der Waals surface area contributed by atoms with Crippen molar-refractivity contribution in [1.29, 1.82) is 0 Å². The SMILES string of the molecule is CC(=O)NCCC(=O)NCCC(CCC(=O)O)C(C)(C)C. The molecule has 21 heavy (non-hydrogen) atoms. The average Bonchev–Trinajstić information content (AvgIpc) is 2.31. The fourth-order valence-electron chi connectivity index (χ4n) is 2.13. The molecule has 0 fully saturated rings. The Morgan fingerprint density at radius 3 is 2.10 bits per heavy atom. The summed E-state index contributed by atoms with van der Waals surface area (Å²) in [6.07, 6.45) is 1.77. The van der Waals surface area contributed by atoms with E-state index in [9.17, 15) is 14.4 Å². The molecule has 122 valence electrons. The first-order valence-electron chi connectivity index (χ1n) is 7.36. The molecule has 0 radical (unpaired) electrons. The van der Waals surface area contributed by atoms with Crippen LogP contribution in [-0.4, -0.2) is 36.0 Å². The van der Waals surface area contributed by atoms with E-state index in [1.807, 2.05) is 0 Å². The van der Waals surface area contributed by atoms with Crippen LogP contribution in [0, 0.1) is 11.3 Å². The zero-order valence-electron chi connectivity index (χ0n) is 13.5. The van der Waals surface area contributed by atoms with Crippen LogP contribution in [0.25, 0.3) is 0 Å². The Kier molecular flexibility index (Phi) is 8.66. The Labute approximate surface area is 126 Å². The van der Waals surface area contributed by atoms with Gasteiger partial charge in [-0.1, -0.05) is 20.8 Å². The molecule has 0 aliphatic rings. The second-order valence-electron chi connectivity index (χ2n) is 6.37. The third-order valence-corrected chi connectivity index (χ3v) is 3.47. The molecule has 0 rings (SSSR count). The second kappa shape index (κ2) is 9.37. The van der Waals surface area contributed by atoms with E-state index in [0.717, 1.165) is 6.42 Å². The molecule has 0 saturated carbocycles. The molecule has 3 N–H and O–H groups in total. The lowest BCUT2D eigenvalue weighted by atomic mass is 9.76. The van der Waals surface area contributed by atoms with Crippen molar-refractivity contribution < 1.29 is 19.5 Å². The molecule has 1 atom stereocenters. The molecule has 0 aromatic heterocycles. The number of rotatable bonds is 9. The Balaban J connectivity index is 4.04. The maximum absolute atomic E-state index is 11.6. The van der Waals surface area contributed by atoms with Gasteiger partial charge in [-0.3, -0.25) is 14.4 Å². The van der Waals surface area contributed by atoms with Gasteiger partial charge in [-0.15, -0.1) is 0 Å². The number of nitrogens with one attached hydrogen (secondary N) is 2. The van der Waals surface area contributed by atoms with Gasteiger partial charge in [0.15, 0.2) is 0 Å². The standard InChI is InChI=1S/C15H28N2O4/c1-11(18)16-10-8-13(19)17-9-7-12(15(2,3)4)5-6-14(20)21/h12H,5-10H2,1-4H3,(H,16,18)(H,17,19)(H,20,21). The summed E-state index contributed by atoms with van der Waals surface area (Å²) >= 11 is 0. The summed E-state index contributed by atoms with van der Waals surface area (Å²) in [5.41, 5.74) is 0.0103. The number of carboxylic acids is 1. The molecule has 6 nitrogen and oxygen atoms in total. The largest absolute Gasteiger partial charge is 0.481 e. The lowest BCUT2D eigenvalue weighted by molar-refractivity contribution is -0.137. The quantitative estimate of drug-likeness (QED) is 0.602. The number of carbonyl (C=O) groups excluding carboxylic acids is 2. The number of hydrogen-bond acceptors (Lipinski definition) is 3. The first kappa shape index (κ1) is 19.4. The summed E-state index contributed by atoms with van der Waals surface area (Å²) in [6.45, 7) is 8.52. The minimum atomic E-state index is -0.788. The molecule has 2 amide bonds. The molecule has 1 unspecified atom stereocenters. The van der Waals surface area contributed by atoms with Crippen molar-refractivity contribution in [2.75, 3.05) is 13.1 Å². The monoisotopic (exact) mass is 300 g/mol. The van der Waals surface area contributed by atoms with Crippen molar-refractivity contribution in [3.8, 4) is 0 Å². The van der Waals surface area contributed by atoms with Crippen LogP contribution in [0.5, 0.6) is 0 Å². The Morgan fingerprint density at radius 2 is 1.62 bits per heavy atom. The van der Waals surface area contributed by atoms with Gasteiger partial charge in [0.25, 0.3) is 0 Å².